The minimum atomic E-state index is 0.00126. The van der Waals surface area contributed by atoms with Gasteiger partial charge in [-0.1, -0.05) is 0 Å². The average molecular weight is 324 g/mol. The fourth-order valence-corrected chi connectivity index (χ4v) is 3.41. The van der Waals surface area contributed by atoms with Crippen molar-refractivity contribution in [2.45, 2.75) is 32.2 Å². The molecule has 124 valence electrons. The van der Waals surface area contributed by atoms with Crippen molar-refractivity contribution in [2.75, 3.05) is 6.54 Å². The highest BCUT2D eigenvalue weighted by Gasteiger charge is 2.31. The Labute approximate surface area is 139 Å². The van der Waals surface area contributed by atoms with Crippen molar-refractivity contribution in [3.05, 3.63) is 47.7 Å². The zero-order chi connectivity index (χ0) is 16.7. The Morgan fingerprint density at radius 1 is 1.29 bits per heavy atom. The van der Waals surface area contributed by atoms with E-state index in [4.69, 9.17) is 4.98 Å². The summed E-state index contributed by atoms with van der Waals surface area (Å²) in [5.41, 5.74) is 3.30. The van der Waals surface area contributed by atoms with Crippen LogP contribution in [0.4, 0.5) is 0 Å². The van der Waals surface area contributed by atoms with Crippen molar-refractivity contribution < 1.29 is 4.79 Å². The van der Waals surface area contributed by atoms with Crippen molar-refractivity contribution in [1.29, 1.82) is 0 Å². The fraction of sp³-hybridized carbons (Fsp3) is 0.412. The highest BCUT2D eigenvalue weighted by atomic mass is 16.2. The van der Waals surface area contributed by atoms with Gasteiger partial charge in [-0.3, -0.25) is 9.48 Å². The molecule has 1 saturated heterocycles. The van der Waals surface area contributed by atoms with E-state index in [0.717, 1.165) is 42.8 Å². The number of aryl methyl sites for hydroxylation is 2. The molecule has 3 aromatic rings. The quantitative estimate of drug-likeness (QED) is 0.724. The molecule has 0 saturated carbocycles. The number of carbonyl (C=O) groups excluding carboxylic acids is 1. The number of aromatic nitrogens is 5. The Hall–Kier alpha value is -2.70. The fourth-order valence-electron chi connectivity index (χ4n) is 3.41. The van der Waals surface area contributed by atoms with Crippen molar-refractivity contribution in [3.8, 4) is 0 Å². The van der Waals surface area contributed by atoms with E-state index in [0.29, 0.717) is 5.69 Å². The molecule has 0 bridgehead atoms. The number of amides is 1. The van der Waals surface area contributed by atoms with E-state index in [9.17, 15) is 4.79 Å². The summed E-state index contributed by atoms with van der Waals surface area (Å²) in [6.45, 7) is 2.70. The Bertz CT molecular complexity index is 896. The van der Waals surface area contributed by atoms with Crippen LogP contribution in [0, 0.1) is 6.92 Å². The van der Waals surface area contributed by atoms with Gasteiger partial charge in [0.15, 0.2) is 5.65 Å². The molecular weight excluding hydrogens is 304 g/mol. The van der Waals surface area contributed by atoms with Gasteiger partial charge in [0, 0.05) is 32.1 Å². The van der Waals surface area contributed by atoms with Gasteiger partial charge in [-0.25, -0.2) is 9.50 Å². The van der Waals surface area contributed by atoms with Gasteiger partial charge in [-0.15, -0.1) is 0 Å². The smallest absolute Gasteiger partial charge is 0.272 e. The van der Waals surface area contributed by atoms with E-state index in [1.54, 1.807) is 28.5 Å². The van der Waals surface area contributed by atoms with Crippen molar-refractivity contribution >= 4 is 11.6 Å². The van der Waals surface area contributed by atoms with Gasteiger partial charge in [-0.05, 0) is 38.3 Å². The Kier molecular flexibility index (Phi) is 3.55. The molecule has 4 heterocycles. The molecule has 1 fully saturated rings. The van der Waals surface area contributed by atoms with E-state index >= 15 is 0 Å². The monoisotopic (exact) mass is 324 g/mol. The summed E-state index contributed by atoms with van der Waals surface area (Å²) < 4.78 is 3.40. The van der Waals surface area contributed by atoms with Crippen LogP contribution in [0.5, 0.6) is 0 Å². The molecule has 1 aliphatic heterocycles. The van der Waals surface area contributed by atoms with Crippen LogP contribution >= 0.6 is 0 Å². The number of piperidine rings is 1. The number of fused-ring (bicyclic) bond motifs is 1. The van der Waals surface area contributed by atoms with E-state index in [2.05, 4.69) is 10.2 Å². The summed E-state index contributed by atoms with van der Waals surface area (Å²) in [5, 5.41) is 8.48. The van der Waals surface area contributed by atoms with Gasteiger partial charge in [0.2, 0.25) is 0 Å². The average Bonchev–Trinajstić information content (AvgIpc) is 3.18. The highest BCUT2D eigenvalue weighted by molar-refractivity contribution is 5.92. The second-order valence-corrected chi connectivity index (χ2v) is 6.29. The van der Waals surface area contributed by atoms with Crippen LogP contribution in [0.2, 0.25) is 0 Å². The zero-order valence-electron chi connectivity index (χ0n) is 13.9. The van der Waals surface area contributed by atoms with Gasteiger partial charge in [0.1, 0.15) is 5.69 Å². The molecular formula is C17H20N6O. The lowest BCUT2D eigenvalue weighted by Gasteiger charge is -2.35. The molecule has 4 rings (SSSR count). The first-order chi connectivity index (χ1) is 11.6. The largest absolute Gasteiger partial charge is 0.329 e. The molecule has 7 heteroatoms. The molecule has 0 unspecified atom stereocenters. The molecule has 0 N–H and O–H groups in total. The number of hydrogen-bond acceptors (Lipinski definition) is 4. The molecule has 24 heavy (non-hydrogen) atoms. The maximum absolute atomic E-state index is 13.0. The molecule has 1 aliphatic rings. The second kappa shape index (κ2) is 5.74. The number of carbonyl (C=O) groups is 1. The van der Waals surface area contributed by atoms with E-state index in [-0.39, 0.29) is 11.9 Å². The topological polar surface area (TPSA) is 68.3 Å². The normalized spacial score (nSPS) is 18.2. The van der Waals surface area contributed by atoms with Crippen LogP contribution in [-0.2, 0) is 7.05 Å². The SMILES string of the molecule is Cc1cc2nc([C@H]3CCCCN3C(=O)c3ccnn3C)ccn2n1. The number of hydrogen-bond donors (Lipinski definition) is 0. The van der Waals surface area contributed by atoms with Crippen LogP contribution in [0.3, 0.4) is 0 Å². The van der Waals surface area contributed by atoms with Gasteiger partial charge in [0.05, 0.1) is 17.4 Å². The minimum Gasteiger partial charge on any atom is -0.329 e. The molecule has 1 amide bonds. The molecule has 0 aliphatic carbocycles. The van der Waals surface area contributed by atoms with Crippen molar-refractivity contribution in [2.24, 2.45) is 7.05 Å². The zero-order valence-corrected chi connectivity index (χ0v) is 13.9. The molecule has 0 aromatic carbocycles. The van der Waals surface area contributed by atoms with Gasteiger partial charge >= 0.3 is 0 Å². The predicted molar refractivity (Wildman–Crippen MR) is 88.6 cm³/mol. The predicted octanol–water partition coefficient (Wildman–Crippen LogP) is 2.14. The first-order valence-corrected chi connectivity index (χ1v) is 8.25. The minimum absolute atomic E-state index is 0.00126. The first-order valence-electron chi connectivity index (χ1n) is 8.25. The lowest BCUT2D eigenvalue weighted by Crippen LogP contribution is -2.39. The third-order valence-corrected chi connectivity index (χ3v) is 4.61. The summed E-state index contributed by atoms with van der Waals surface area (Å²) in [4.78, 5) is 19.6. The molecule has 0 radical (unpaired) electrons. The van der Waals surface area contributed by atoms with Crippen LogP contribution < -0.4 is 0 Å². The van der Waals surface area contributed by atoms with Crippen LogP contribution in [0.15, 0.2) is 30.6 Å². The first kappa shape index (κ1) is 14.9. The maximum Gasteiger partial charge on any atom is 0.272 e. The number of nitrogens with zero attached hydrogens (tertiary/aromatic N) is 6. The summed E-state index contributed by atoms with van der Waals surface area (Å²) in [7, 11) is 1.80. The van der Waals surface area contributed by atoms with Gasteiger partial charge < -0.3 is 4.90 Å². The lowest BCUT2D eigenvalue weighted by molar-refractivity contribution is 0.0595. The van der Waals surface area contributed by atoms with E-state index in [1.165, 1.54) is 0 Å². The van der Waals surface area contributed by atoms with E-state index in [1.807, 2.05) is 30.2 Å². The summed E-state index contributed by atoms with van der Waals surface area (Å²) in [5.74, 6) is 0.0195. The summed E-state index contributed by atoms with van der Waals surface area (Å²) >= 11 is 0. The molecule has 0 spiro atoms. The summed E-state index contributed by atoms with van der Waals surface area (Å²) in [6, 6.07) is 5.70. The highest BCUT2D eigenvalue weighted by Crippen LogP contribution is 2.31. The summed E-state index contributed by atoms with van der Waals surface area (Å²) in [6.07, 6.45) is 6.64. The Balaban J connectivity index is 1.70. The van der Waals surface area contributed by atoms with Crippen molar-refractivity contribution in [3.63, 3.8) is 0 Å². The van der Waals surface area contributed by atoms with Gasteiger partial charge in [0.25, 0.3) is 5.91 Å². The molecule has 1 atom stereocenters. The van der Waals surface area contributed by atoms with Crippen LogP contribution in [-0.4, -0.2) is 41.7 Å². The molecule has 7 nitrogen and oxygen atoms in total. The Morgan fingerprint density at radius 2 is 2.17 bits per heavy atom. The van der Waals surface area contributed by atoms with Crippen LogP contribution in [0.25, 0.3) is 5.65 Å². The molecule has 3 aromatic heterocycles. The standard InChI is InChI=1S/C17H20N6O/c1-12-11-16-19-13(7-10-23(16)20-12)14-5-3-4-9-22(14)17(24)15-6-8-18-21(15)2/h6-8,10-11,14H,3-5,9H2,1-2H3/t14-/m1/s1. The maximum atomic E-state index is 13.0. The van der Waals surface area contributed by atoms with Gasteiger partial charge in [-0.2, -0.15) is 10.2 Å². The second-order valence-electron chi connectivity index (χ2n) is 6.29. The lowest BCUT2D eigenvalue weighted by atomic mass is 9.98. The third kappa shape index (κ3) is 2.46. The third-order valence-electron chi connectivity index (χ3n) is 4.61. The number of likely N-dealkylation sites (tertiary alicyclic amines) is 1. The van der Waals surface area contributed by atoms with E-state index < -0.39 is 0 Å². The number of rotatable bonds is 2. The van der Waals surface area contributed by atoms with Crippen molar-refractivity contribution in [1.82, 2.24) is 29.3 Å². The Morgan fingerprint density at radius 3 is 2.96 bits per heavy atom. The van der Waals surface area contributed by atoms with Crippen LogP contribution in [0.1, 0.15) is 47.2 Å².